The van der Waals surface area contributed by atoms with Gasteiger partial charge < -0.3 is 0 Å². The molecule has 2 radical (unpaired) electrons. The van der Waals surface area contributed by atoms with Gasteiger partial charge in [-0.05, 0) is 18.4 Å². The van der Waals surface area contributed by atoms with Crippen LogP contribution in [0.5, 0.6) is 0 Å². The maximum Gasteiger partial charge on any atom is 0.0716 e. The molecule has 0 bridgehead atoms. The second-order valence-electron chi connectivity index (χ2n) is 2.37. The van der Waals surface area contributed by atoms with Crippen LogP contribution >= 0.6 is 15.9 Å². The Morgan fingerprint density at radius 3 is 2.30 bits per heavy atom. The molecule has 52 valence electrons. The van der Waals surface area contributed by atoms with E-state index >= 15 is 0 Å². The van der Waals surface area contributed by atoms with Crippen molar-refractivity contribution in [3.63, 3.8) is 0 Å². The molecule has 0 aromatic heterocycles. The Morgan fingerprint density at radius 1 is 1.30 bits per heavy atom. The summed E-state index contributed by atoms with van der Waals surface area (Å²) in [4.78, 5) is 0. The smallest absolute Gasteiger partial charge is 0.0716 e. The zero-order chi connectivity index (χ0) is 7.40. The first-order chi connectivity index (χ1) is 4.88. The molecule has 0 amide bonds. The van der Waals surface area contributed by atoms with Gasteiger partial charge in [-0.1, -0.05) is 40.0 Å². The van der Waals surface area contributed by atoms with Gasteiger partial charge in [-0.15, -0.1) is 0 Å². The van der Waals surface area contributed by atoms with E-state index in [1.807, 2.05) is 0 Å². The first kappa shape index (κ1) is 8.12. The molecule has 1 rings (SSSR count). The molecule has 0 aromatic carbocycles. The number of allylic oxidation sites excluding steroid dienone is 4. The zero-order valence-corrected chi connectivity index (χ0v) is 7.52. The van der Waals surface area contributed by atoms with Crippen molar-refractivity contribution >= 4 is 23.8 Å². The Hall–Kier alpha value is 0.0249. The SMILES string of the molecule is [B]CC1=CCCC=C1CBr. The van der Waals surface area contributed by atoms with Gasteiger partial charge in [0.15, 0.2) is 0 Å². The fourth-order valence-corrected chi connectivity index (χ4v) is 1.72. The van der Waals surface area contributed by atoms with E-state index in [9.17, 15) is 0 Å². The zero-order valence-electron chi connectivity index (χ0n) is 5.94. The molecular weight excluding hydrogens is 187 g/mol. The van der Waals surface area contributed by atoms with Gasteiger partial charge in [0.2, 0.25) is 0 Å². The highest BCUT2D eigenvalue weighted by molar-refractivity contribution is 9.09. The van der Waals surface area contributed by atoms with Crippen molar-refractivity contribution < 1.29 is 0 Å². The van der Waals surface area contributed by atoms with E-state index in [4.69, 9.17) is 7.85 Å². The summed E-state index contributed by atoms with van der Waals surface area (Å²) in [5.41, 5.74) is 2.68. The summed E-state index contributed by atoms with van der Waals surface area (Å²) in [6.45, 7) is 0. The highest BCUT2D eigenvalue weighted by Gasteiger charge is 2.03. The molecule has 1 aliphatic rings. The first-order valence-electron chi connectivity index (χ1n) is 3.53. The van der Waals surface area contributed by atoms with E-state index in [0.717, 1.165) is 11.8 Å². The molecule has 0 atom stereocenters. The monoisotopic (exact) mass is 196 g/mol. The summed E-state index contributed by atoms with van der Waals surface area (Å²) in [7, 11) is 5.54. The average Bonchev–Trinajstić information content (AvgIpc) is 2.04. The van der Waals surface area contributed by atoms with Crippen LogP contribution in [0.4, 0.5) is 0 Å². The van der Waals surface area contributed by atoms with Crippen molar-refractivity contribution in [3.8, 4) is 0 Å². The lowest BCUT2D eigenvalue weighted by Crippen LogP contribution is -1.95. The van der Waals surface area contributed by atoms with Crippen LogP contribution in [0.15, 0.2) is 23.3 Å². The Balaban J connectivity index is 2.67. The highest BCUT2D eigenvalue weighted by Crippen LogP contribution is 2.22. The van der Waals surface area contributed by atoms with E-state index < -0.39 is 0 Å². The number of halogens is 1. The summed E-state index contributed by atoms with van der Waals surface area (Å²) in [5.74, 6) is 0. The summed E-state index contributed by atoms with van der Waals surface area (Å²) >= 11 is 3.43. The maximum absolute atomic E-state index is 5.54. The molecule has 10 heavy (non-hydrogen) atoms. The third-order valence-electron chi connectivity index (χ3n) is 1.72. The van der Waals surface area contributed by atoms with E-state index in [-0.39, 0.29) is 0 Å². The lowest BCUT2D eigenvalue weighted by molar-refractivity contribution is 0.992. The largest absolute Gasteiger partial charge is 0.0876 e. The fraction of sp³-hybridized carbons (Fsp3) is 0.500. The molecule has 2 heteroatoms. The van der Waals surface area contributed by atoms with Gasteiger partial charge in [0.25, 0.3) is 0 Å². The van der Waals surface area contributed by atoms with Crippen LogP contribution in [-0.2, 0) is 0 Å². The van der Waals surface area contributed by atoms with E-state index in [2.05, 4.69) is 28.1 Å². The minimum absolute atomic E-state index is 0.678. The summed E-state index contributed by atoms with van der Waals surface area (Å²) in [6.07, 6.45) is 7.50. The first-order valence-corrected chi connectivity index (χ1v) is 4.65. The average molecular weight is 197 g/mol. The second kappa shape index (κ2) is 4.02. The van der Waals surface area contributed by atoms with E-state index in [1.54, 1.807) is 0 Å². The van der Waals surface area contributed by atoms with Crippen molar-refractivity contribution in [2.75, 3.05) is 5.33 Å². The van der Waals surface area contributed by atoms with E-state index in [1.165, 1.54) is 17.6 Å². The number of rotatable bonds is 2. The van der Waals surface area contributed by atoms with Crippen LogP contribution in [0.1, 0.15) is 12.8 Å². The van der Waals surface area contributed by atoms with Crippen LogP contribution in [0, 0.1) is 0 Å². The van der Waals surface area contributed by atoms with Gasteiger partial charge in [-0.3, -0.25) is 0 Å². The molecule has 0 aliphatic heterocycles. The van der Waals surface area contributed by atoms with Gasteiger partial charge >= 0.3 is 0 Å². The molecule has 0 aromatic rings. The Labute approximate surface area is 71.9 Å². The summed E-state index contributed by atoms with van der Waals surface area (Å²) in [6, 6.07) is 0. The van der Waals surface area contributed by atoms with E-state index in [0.29, 0.717) is 6.32 Å². The topological polar surface area (TPSA) is 0 Å². The Kier molecular flexibility index (Phi) is 3.27. The Bertz CT molecular complexity index is 150. The number of hydrogen-bond acceptors (Lipinski definition) is 0. The molecule has 0 heterocycles. The lowest BCUT2D eigenvalue weighted by atomic mass is 9.88. The number of alkyl halides is 1. The molecule has 0 N–H and O–H groups in total. The summed E-state index contributed by atoms with van der Waals surface area (Å²) in [5, 5.41) is 0.941. The van der Waals surface area contributed by atoms with Crippen molar-refractivity contribution in [3.05, 3.63) is 23.3 Å². The number of hydrogen-bond donors (Lipinski definition) is 0. The molecule has 0 fully saturated rings. The predicted octanol–water partition coefficient (Wildman–Crippen LogP) is 2.61. The van der Waals surface area contributed by atoms with Crippen molar-refractivity contribution in [2.24, 2.45) is 0 Å². The molecular formula is C8H10BBr. The minimum atomic E-state index is 0.678. The van der Waals surface area contributed by atoms with Gasteiger partial charge in [0.1, 0.15) is 0 Å². The van der Waals surface area contributed by atoms with Crippen molar-refractivity contribution in [1.29, 1.82) is 0 Å². The normalized spacial score (nSPS) is 18.1. The van der Waals surface area contributed by atoms with Gasteiger partial charge in [0.05, 0.1) is 7.85 Å². The van der Waals surface area contributed by atoms with Crippen molar-refractivity contribution in [2.45, 2.75) is 19.2 Å². The molecule has 0 nitrogen and oxygen atoms in total. The van der Waals surface area contributed by atoms with Crippen LogP contribution in [-0.4, -0.2) is 13.2 Å². The van der Waals surface area contributed by atoms with Crippen LogP contribution < -0.4 is 0 Å². The lowest BCUT2D eigenvalue weighted by Gasteiger charge is -2.11. The second-order valence-corrected chi connectivity index (χ2v) is 2.93. The standard InChI is InChI=1S/C8H10BBr/c9-5-7-3-1-2-4-8(7)6-10/h3-4H,1-2,5-6H2. The quantitative estimate of drug-likeness (QED) is 0.471. The molecule has 0 saturated heterocycles. The maximum atomic E-state index is 5.54. The fourth-order valence-electron chi connectivity index (χ4n) is 1.13. The predicted molar refractivity (Wildman–Crippen MR) is 49.8 cm³/mol. The van der Waals surface area contributed by atoms with Gasteiger partial charge in [-0.25, -0.2) is 0 Å². The van der Waals surface area contributed by atoms with Crippen LogP contribution in [0.25, 0.3) is 0 Å². The van der Waals surface area contributed by atoms with Crippen molar-refractivity contribution in [1.82, 2.24) is 0 Å². The molecule has 0 saturated carbocycles. The van der Waals surface area contributed by atoms with Gasteiger partial charge in [-0.2, -0.15) is 0 Å². The van der Waals surface area contributed by atoms with Crippen LogP contribution in [0.2, 0.25) is 6.32 Å². The third kappa shape index (κ3) is 1.75. The molecule has 0 unspecified atom stereocenters. The third-order valence-corrected chi connectivity index (χ3v) is 2.33. The summed E-state index contributed by atoms with van der Waals surface area (Å²) < 4.78 is 0. The Morgan fingerprint density at radius 2 is 1.90 bits per heavy atom. The molecule has 0 spiro atoms. The molecule has 1 aliphatic carbocycles. The van der Waals surface area contributed by atoms with Crippen LogP contribution in [0.3, 0.4) is 0 Å². The highest BCUT2D eigenvalue weighted by atomic mass is 79.9. The van der Waals surface area contributed by atoms with Gasteiger partial charge in [0, 0.05) is 5.33 Å². The minimum Gasteiger partial charge on any atom is -0.0876 e.